The number of aromatic hydroxyl groups is 1. The van der Waals surface area contributed by atoms with Crippen molar-refractivity contribution in [3.63, 3.8) is 0 Å². The van der Waals surface area contributed by atoms with E-state index in [1.807, 2.05) is 30.3 Å². The van der Waals surface area contributed by atoms with Gasteiger partial charge in [-0.15, -0.1) is 5.10 Å². The van der Waals surface area contributed by atoms with E-state index in [0.29, 0.717) is 17.2 Å². The summed E-state index contributed by atoms with van der Waals surface area (Å²) in [5, 5.41) is 48.2. The molecule has 3 N–H and O–H groups in total. The molecule has 0 aliphatic rings. The molecule has 2 aromatic heterocycles. The molecule has 0 unspecified atom stereocenters. The van der Waals surface area contributed by atoms with Gasteiger partial charge in [-0.1, -0.05) is 18.2 Å². The van der Waals surface area contributed by atoms with E-state index in [1.165, 1.54) is 23.0 Å². The molecule has 0 atom stereocenters. The van der Waals surface area contributed by atoms with Crippen molar-refractivity contribution in [2.75, 3.05) is 5.32 Å². The van der Waals surface area contributed by atoms with Crippen LogP contribution < -0.4 is 10.1 Å². The Morgan fingerprint density at radius 2 is 1.79 bits per heavy atom. The van der Waals surface area contributed by atoms with Gasteiger partial charge >= 0.3 is 11.7 Å². The number of ether oxygens (including phenoxy) is 1. The number of fused-ring (bicyclic) bond motifs is 1. The summed E-state index contributed by atoms with van der Waals surface area (Å²) in [7, 11) is 0. The maximum atomic E-state index is 11.6. The largest absolute Gasteiger partial charge is 0.501 e. The van der Waals surface area contributed by atoms with E-state index < -0.39 is 27.9 Å². The zero-order valence-electron chi connectivity index (χ0n) is 19.3. The molecule has 0 amide bonds. The molecule has 0 spiro atoms. The second kappa shape index (κ2) is 9.59. The summed E-state index contributed by atoms with van der Waals surface area (Å²) in [6, 6.07) is 20.6. The topological polar surface area (TPSA) is 176 Å². The average molecular weight is 508 g/mol. The third-order valence-electron chi connectivity index (χ3n) is 5.56. The third kappa shape index (κ3) is 4.38. The number of nitro benzene ring substituents is 1. The van der Waals surface area contributed by atoms with Gasteiger partial charge in [0.25, 0.3) is 0 Å². The summed E-state index contributed by atoms with van der Waals surface area (Å²) in [6.45, 7) is 0. The highest BCUT2D eigenvalue weighted by atomic mass is 16.6. The molecular formula is C26H16N6O6. The van der Waals surface area contributed by atoms with Gasteiger partial charge < -0.3 is 20.3 Å². The van der Waals surface area contributed by atoms with Gasteiger partial charge in [-0.2, -0.15) is 5.26 Å². The van der Waals surface area contributed by atoms with Crippen LogP contribution in [0.15, 0.2) is 79.1 Å². The lowest BCUT2D eigenvalue weighted by atomic mass is 10.0. The number of rotatable bonds is 7. The number of aromatic carboxylic acids is 1. The smallest absolute Gasteiger partial charge is 0.339 e. The van der Waals surface area contributed by atoms with Crippen LogP contribution in [0.25, 0.3) is 16.8 Å². The molecule has 5 rings (SSSR count). The third-order valence-corrected chi connectivity index (χ3v) is 5.56. The molecule has 0 bridgehead atoms. The summed E-state index contributed by atoms with van der Waals surface area (Å²) in [5.74, 6) is -0.977. The van der Waals surface area contributed by atoms with Gasteiger partial charge in [0.05, 0.1) is 10.5 Å². The molecule has 38 heavy (non-hydrogen) atoms. The zero-order valence-corrected chi connectivity index (χ0v) is 19.3. The molecule has 12 heteroatoms. The van der Waals surface area contributed by atoms with Crippen LogP contribution >= 0.6 is 0 Å². The maximum Gasteiger partial charge on any atom is 0.339 e. The Balaban J connectivity index is 1.47. The van der Waals surface area contributed by atoms with Crippen molar-refractivity contribution < 1.29 is 24.7 Å². The summed E-state index contributed by atoms with van der Waals surface area (Å²) in [5.41, 5.74) is -0.324. The number of phenols is 1. The van der Waals surface area contributed by atoms with Gasteiger partial charge in [0.1, 0.15) is 28.7 Å². The molecule has 12 nitrogen and oxygen atoms in total. The minimum atomic E-state index is -1.51. The highest BCUT2D eigenvalue weighted by molar-refractivity contribution is 5.95. The lowest BCUT2D eigenvalue weighted by Crippen LogP contribution is -2.02. The molecule has 186 valence electrons. The number of nitrogens with one attached hydrogen (secondary N) is 1. The number of nitriles is 1. The van der Waals surface area contributed by atoms with Crippen molar-refractivity contribution in [2.45, 2.75) is 0 Å². The summed E-state index contributed by atoms with van der Waals surface area (Å²) in [4.78, 5) is 26.3. The van der Waals surface area contributed by atoms with E-state index in [0.717, 1.165) is 6.07 Å². The van der Waals surface area contributed by atoms with E-state index in [-0.39, 0.29) is 28.2 Å². The van der Waals surface area contributed by atoms with Crippen molar-refractivity contribution in [1.29, 1.82) is 5.26 Å². The quantitative estimate of drug-likeness (QED) is 0.198. The predicted molar refractivity (Wildman–Crippen MR) is 135 cm³/mol. The second-order valence-electron chi connectivity index (χ2n) is 7.93. The van der Waals surface area contributed by atoms with Gasteiger partial charge in [0.15, 0.2) is 11.5 Å². The highest BCUT2D eigenvalue weighted by Crippen LogP contribution is 2.39. The molecule has 0 fully saturated rings. The van der Waals surface area contributed by atoms with E-state index in [9.17, 15) is 30.4 Å². The normalized spacial score (nSPS) is 10.6. The van der Waals surface area contributed by atoms with E-state index in [1.54, 1.807) is 24.3 Å². The molecule has 0 saturated heterocycles. The molecule has 0 radical (unpaired) electrons. The molecular weight excluding hydrogens is 492 g/mol. The Morgan fingerprint density at radius 3 is 2.45 bits per heavy atom. The van der Waals surface area contributed by atoms with Crippen molar-refractivity contribution in [1.82, 2.24) is 14.6 Å². The molecule has 0 saturated carbocycles. The number of para-hydroxylation sites is 1. The number of carbonyl (C=O) groups is 1. The highest BCUT2D eigenvalue weighted by Gasteiger charge is 2.27. The Morgan fingerprint density at radius 1 is 1.08 bits per heavy atom. The van der Waals surface area contributed by atoms with Crippen LogP contribution in [0.4, 0.5) is 17.2 Å². The van der Waals surface area contributed by atoms with Crippen LogP contribution in [-0.2, 0) is 0 Å². The van der Waals surface area contributed by atoms with Crippen LogP contribution in [0.5, 0.6) is 17.2 Å². The minimum Gasteiger partial charge on any atom is -0.501 e. The number of benzene rings is 3. The number of carboxylic acids is 1. The summed E-state index contributed by atoms with van der Waals surface area (Å²) in [6.07, 6.45) is 2.67. The molecule has 5 aromatic rings. The lowest BCUT2D eigenvalue weighted by molar-refractivity contribution is -0.385. The maximum absolute atomic E-state index is 11.6. The Labute approximate surface area is 213 Å². The van der Waals surface area contributed by atoms with Crippen LogP contribution in [0.1, 0.15) is 15.9 Å². The van der Waals surface area contributed by atoms with Gasteiger partial charge in [0, 0.05) is 23.6 Å². The Hall–Kier alpha value is -5.96. The van der Waals surface area contributed by atoms with Crippen LogP contribution in [-0.4, -0.2) is 35.7 Å². The first-order valence-electron chi connectivity index (χ1n) is 11.0. The average Bonchev–Trinajstić information content (AvgIpc) is 3.25. The predicted octanol–water partition coefficient (Wildman–Crippen LogP) is 5.12. The number of hydrogen-bond acceptors (Lipinski definition) is 9. The van der Waals surface area contributed by atoms with Gasteiger partial charge in [-0.25, -0.2) is 14.3 Å². The first kappa shape index (κ1) is 23.8. The minimum absolute atomic E-state index is 0.0654. The molecule has 0 aliphatic heterocycles. The van der Waals surface area contributed by atoms with Crippen molar-refractivity contribution >= 4 is 28.8 Å². The van der Waals surface area contributed by atoms with E-state index in [2.05, 4.69) is 21.5 Å². The molecule has 0 aliphatic carbocycles. The Kier molecular flexibility index (Phi) is 6.00. The number of anilines is 2. The Bertz CT molecular complexity index is 1740. The van der Waals surface area contributed by atoms with E-state index in [4.69, 9.17) is 4.74 Å². The first-order chi connectivity index (χ1) is 18.4. The fourth-order valence-electron chi connectivity index (χ4n) is 3.80. The van der Waals surface area contributed by atoms with Crippen molar-refractivity contribution in [3.8, 4) is 34.4 Å². The zero-order chi connectivity index (χ0) is 26.8. The number of carboxylic acid groups (broad SMARTS) is 1. The van der Waals surface area contributed by atoms with Crippen molar-refractivity contribution in [2.24, 2.45) is 0 Å². The number of nitro groups is 1. The van der Waals surface area contributed by atoms with Crippen LogP contribution in [0, 0.1) is 21.4 Å². The van der Waals surface area contributed by atoms with Gasteiger partial charge in [-0.05, 0) is 48.5 Å². The lowest BCUT2D eigenvalue weighted by Gasteiger charge is -2.07. The number of aromatic nitrogens is 3. The van der Waals surface area contributed by atoms with Crippen LogP contribution in [0.2, 0.25) is 0 Å². The molecule has 3 aromatic carbocycles. The summed E-state index contributed by atoms with van der Waals surface area (Å²) >= 11 is 0. The number of hydrogen-bond donors (Lipinski definition) is 3. The second-order valence-corrected chi connectivity index (χ2v) is 7.93. The molecule has 2 heterocycles. The fourth-order valence-corrected chi connectivity index (χ4v) is 3.80. The standard InChI is InChI=1S/C26H16N6O6/c27-12-21-24(29-16-6-8-18(9-7-16)38-17-4-2-1-3-5-17)30-31-14-15(13-28-25(21)31)19-10-11-20(26(34)35)23(33)22(19)32(36)37/h1-11,13-14,33H,(H,29,30)(H,34,35). The fraction of sp³-hybridized carbons (Fsp3) is 0. The number of nitrogens with zero attached hydrogens (tertiary/aromatic N) is 5. The first-order valence-corrected chi connectivity index (χ1v) is 11.0. The SMILES string of the molecule is N#Cc1c(Nc2ccc(Oc3ccccc3)cc2)nn2cc(-c3ccc(C(=O)O)c(O)c3[N+](=O)[O-])cnc12. The van der Waals surface area contributed by atoms with Crippen molar-refractivity contribution in [3.05, 3.63) is 100 Å². The van der Waals surface area contributed by atoms with Gasteiger partial charge in [0.2, 0.25) is 5.75 Å². The summed E-state index contributed by atoms with van der Waals surface area (Å²) < 4.78 is 7.05. The van der Waals surface area contributed by atoms with Crippen LogP contribution in [0.3, 0.4) is 0 Å². The monoisotopic (exact) mass is 508 g/mol. The van der Waals surface area contributed by atoms with E-state index >= 15 is 0 Å². The van der Waals surface area contributed by atoms with Gasteiger partial charge in [-0.3, -0.25) is 10.1 Å².